The van der Waals surface area contributed by atoms with Gasteiger partial charge in [-0.15, -0.1) is 0 Å². The Labute approximate surface area is 512 Å². The SMILES string of the molecule is CC(C)(C)c1ccc(/C=C(/Cc2ccc3c(c2)oc2cc4c(cc23)N(c2ccc(C(C)(C)C)cc2)B2c3cc5oc6ccccc6c5cc3-n3c5ccc(C(C)(C)C)cc5c5c6c(c-4c2c53)-c2ccccc2C6(C)C)c2ccc(C(C)(C)C)cc2)cc1. The molecule has 5 heteroatoms. The zero-order valence-corrected chi connectivity index (χ0v) is 52.9. The minimum absolute atomic E-state index is 0.0269. The van der Waals surface area contributed by atoms with Crippen molar-refractivity contribution in [2.24, 2.45) is 0 Å². The number of fused-ring (bicyclic) bond motifs is 19. The van der Waals surface area contributed by atoms with Gasteiger partial charge in [-0.1, -0.05) is 224 Å². The molecule has 0 fully saturated rings. The van der Waals surface area contributed by atoms with Crippen molar-refractivity contribution in [1.29, 1.82) is 0 Å². The van der Waals surface area contributed by atoms with Gasteiger partial charge in [-0.2, -0.15) is 0 Å². The van der Waals surface area contributed by atoms with Gasteiger partial charge in [0.25, 0.3) is 0 Å². The molecule has 0 spiro atoms. The third-order valence-electron chi connectivity index (χ3n) is 20.0. The smallest absolute Gasteiger partial charge is 0.333 e. The van der Waals surface area contributed by atoms with Crippen LogP contribution in [0.3, 0.4) is 0 Å². The van der Waals surface area contributed by atoms with Crippen LogP contribution in [0.1, 0.15) is 147 Å². The molecule has 0 N–H and O–H groups in total. The second-order valence-corrected chi connectivity index (χ2v) is 30.2. The van der Waals surface area contributed by atoms with Crippen LogP contribution in [0.15, 0.2) is 191 Å². The standard InChI is InChI=1S/C82H75BN2O2/c1-78(2,3)51-28-23-47(24-29-51)39-50(49-26-30-52(31-27-49)79(4,5)6)40-48-25-37-57-59-43-66-62(45-70(59)87-69(57)41-48)73-72-58-20-15-17-21-63(58)82(13,14)75(72)74-61-42-54(81(10,11)12)34-38-65(61)84-67-44-60-56-19-16-18-22-68(56)86-71(60)46-64(67)83(76(73)77(74)84)85(66)55-35-32-53(33-36-55)80(7,8)9/h15-39,41-46H,40H2,1-14H3/b50-39-. The fourth-order valence-electron chi connectivity index (χ4n) is 15.3. The molecule has 0 unspecified atom stereocenters. The summed E-state index contributed by atoms with van der Waals surface area (Å²) in [5, 5.41) is 7.12. The van der Waals surface area contributed by atoms with E-state index in [1.165, 1.54) is 116 Å². The summed E-state index contributed by atoms with van der Waals surface area (Å²) in [5.41, 5.74) is 29.9. The van der Waals surface area contributed by atoms with E-state index >= 15 is 0 Å². The number of allylic oxidation sites excluding steroid dienone is 1. The van der Waals surface area contributed by atoms with E-state index in [1.807, 2.05) is 0 Å². The van der Waals surface area contributed by atoms with E-state index < -0.39 is 0 Å². The number of aromatic nitrogens is 1. The van der Waals surface area contributed by atoms with Gasteiger partial charge in [0.05, 0.1) is 11.0 Å². The summed E-state index contributed by atoms with van der Waals surface area (Å²) in [4.78, 5) is 2.68. The average molecular weight is 1130 g/mol. The van der Waals surface area contributed by atoms with E-state index in [-0.39, 0.29) is 33.9 Å². The lowest BCUT2D eigenvalue weighted by Crippen LogP contribution is -2.60. The topological polar surface area (TPSA) is 34.5 Å². The number of furan rings is 2. The molecule has 10 aromatic carbocycles. The first-order valence-corrected chi connectivity index (χ1v) is 31.5. The maximum Gasteiger partial charge on any atom is 0.333 e. The molecule has 0 radical (unpaired) electrons. The first kappa shape index (κ1) is 53.7. The number of benzene rings is 10. The highest BCUT2D eigenvalue weighted by atomic mass is 16.3. The van der Waals surface area contributed by atoms with E-state index in [1.54, 1.807) is 0 Å². The predicted octanol–water partition coefficient (Wildman–Crippen LogP) is 21.1. The zero-order valence-electron chi connectivity index (χ0n) is 52.9. The van der Waals surface area contributed by atoms with Crippen molar-refractivity contribution in [3.05, 3.63) is 232 Å². The first-order valence-electron chi connectivity index (χ1n) is 31.5. The molecule has 13 aromatic rings. The number of hydrogen-bond acceptors (Lipinski definition) is 3. The van der Waals surface area contributed by atoms with Crippen LogP contribution in [-0.2, 0) is 33.5 Å². The van der Waals surface area contributed by atoms with Crippen LogP contribution in [0.2, 0.25) is 0 Å². The van der Waals surface area contributed by atoms with Crippen molar-refractivity contribution >= 4 is 106 Å². The molecule has 4 nitrogen and oxygen atoms in total. The van der Waals surface area contributed by atoms with Gasteiger partial charge in [0, 0.05) is 60.4 Å². The lowest BCUT2D eigenvalue weighted by Gasteiger charge is -2.43. The molecule has 5 heterocycles. The van der Waals surface area contributed by atoms with Crippen molar-refractivity contribution in [2.45, 2.75) is 130 Å². The number of hydrogen-bond donors (Lipinski definition) is 0. The van der Waals surface area contributed by atoms with E-state index in [0.717, 1.165) is 61.7 Å². The Bertz CT molecular complexity index is 5110. The summed E-state index contributed by atoms with van der Waals surface area (Å²) in [6, 6.07) is 69.7. The monoisotopic (exact) mass is 1130 g/mol. The summed E-state index contributed by atoms with van der Waals surface area (Å²) in [5.74, 6) is 0. The van der Waals surface area contributed by atoms with E-state index in [0.29, 0.717) is 0 Å². The molecule has 0 atom stereocenters. The Morgan fingerprint density at radius 3 is 1.75 bits per heavy atom. The average Bonchev–Trinajstić information content (AvgIpc) is 1.56. The normalized spacial score (nSPS) is 14.7. The number of anilines is 2. The van der Waals surface area contributed by atoms with Crippen LogP contribution < -0.4 is 15.7 Å². The van der Waals surface area contributed by atoms with Gasteiger partial charge in [0.1, 0.15) is 22.3 Å². The number of rotatable bonds is 5. The highest BCUT2D eigenvalue weighted by Crippen LogP contribution is 2.60. The Balaban J connectivity index is 0.981. The first-order chi connectivity index (χ1) is 41.4. The second kappa shape index (κ2) is 18.1. The van der Waals surface area contributed by atoms with Gasteiger partial charge < -0.3 is 18.2 Å². The van der Waals surface area contributed by atoms with Gasteiger partial charge in [0.2, 0.25) is 0 Å². The molecule has 1 aliphatic carbocycles. The van der Waals surface area contributed by atoms with Crippen molar-refractivity contribution in [3.63, 3.8) is 0 Å². The van der Waals surface area contributed by atoms with Crippen LogP contribution in [0, 0.1) is 0 Å². The highest BCUT2D eigenvalue weighted by molar-refractivity contribution is 6.94. The summed E-state index contributed by atoms with van der Waals surface area (Å²) in [6.07, 6.45) is 3.13. The zero-order chi connectivity index (χ0) is 60.2. The predicted molar refractivity (Wildman–Crippen MR) is 371 cm³/mol. The minimum atomic E-state index is -0.323. The van der Waals surface area contributed by atoms with Crippen LogP contribution in [0.5, 0.6) is 0 Å². The third kappa shape index (κ3) is 8.03. The van der Waals surface area contributed by atoms with Gasteiger partial charge in [-0.3, -0.25) is 0 Å². The molecule has 87 heavy (non-hydrogen) atoms. The summed E-state index contributed by atoms with van der Waals surface area (Å²) in [7, 11) is 0. The molecule has 428 valence electrons. The molecular formula is C82H75BN2O2. The molecule has 0 amide bonds. The lowest BCUT2D eigenvalue weighted by atomic mass is 9.43. The van der Waals surface area contributed by atoms with E-state index in [2.05, 4.69) is 294 Å². The quantitative estimate of drug-likeness (QED) is 0.127. The maximum atomic E-state index is 7.32. The lowest BCUT2D eigenvalue weighted by molar-refractivity contribution is 0.590. The summed E-state index contributed by atoms with van der Waals surface area (Å²) < 4.78 is 16.9. The molecule has 0 saturated heterocycles. The molecular weight excluding hydrogens is 1060 g/mol. The number of para-hydroxylation sites is 1. The van der Waals surface area contributed by atoms with Gasteiger partial charge in [-0.05, 0) is 172 Å². The van der Waals surface area contributed by atoms with E-state index in [9.17, 15) is 0 Å². The largest absolute Gasteiger partial charge is 0.456 e. The maximum absolute atomic E-state index is 7.32. The Kier molecular flexibility index (Phi) is 11.2. The van der Waals surface area contributed by atoms with Crippen molar-refractivity contribution < 1.29 is 8.83 Å². The molecule has 0 bridgehead atoms. The van der Waals surface area contributed by atoms with Crippen LogP contribution in [0.25, 0.3) is 105 Å². The van der Waals surface area contributed by atoms with Crippen LogP contribution in [0.4, 0.5) is 11.4 Å². The summed E-state index contributed by atoms with van der Waals surface area (Å²) >= 11 is 0. The van der Waals surface area contributed by atoms with E-state index in [4.69, 9.17) is 8.83 Å². The fourth-order valence-corrected chi connectivity index (χ4v) is 15.3. The Morgan fingerprint density at radius 2 is 1.06 bits per heavy atom. The van der Waals surface area contributed by atoms with Crippen molar-refractivity contribution in [3.8, 4) is 27.9 Å². The third-order valence-corrected chi connectivity index (χ3v) is 20.0. The van der Waals surface area contributed by atoms with Crippen molar-refractivity contribution in [2.75, 3.05) is 4.81 Å². The fraction of sp³-hybridized carbons (Fsp3) is 0.244. The minimum Gasteiger partial charge on any atom is -0.456 e. The Morgan fingerprint density at radius 1 is 0.483 bits per heavy atom. The summed E-state index contributed by atoms with van der Waals surface area (Å²) in [6.45, 7) is 32.4. The highest BCUT2D eigenvalue weighted by Gasteiger charge is 2.50. The van der Waals surface area contributed by atoms with Crippen molar-refractivity contribution in [1.82, 2.24) is 4.57 Å². The van der Waals surface area contributed by atoms with Crippen LogP contribution >= 0.6 is 0 Å². The molecule has 3 aliphatic rings. The van der Waals surface area contributed by atoms with Gasteiger partial charge in [0.15, 0.2) is 0 Å². The number of nitrogens with zero attached hydrogens (tertiary/aromatic N) is 2. The van der Waals surface area contributed by atoms with Gasteiger partial charge >= 0.3 is 6.85 Å². The van der Waals surface area contributed by atoms with Crippen LogP contribution in [-0.4, -0.2) is 11.4 Å². The molecule has 2 aliphatic heterocycles. The molecule has 3 aromatic heterocycles. The molecule has 0 saturated carbocycles. The van der Waals surface area contributed by atoms with Gasteiger partial charge in [-0.25, -0.2) is 0 Å². The molecule has 16 rings (SSSR count). The second-order valence-electron chi connectivity index (χ2n) is 30.2. The Hall–Kier alpha value is -8.80.